The molecule has 30 heavy (non-hydrogen) atoms. The van der Waals surface area contributed by atoms with Gasteiger partial charge in [0, 0.05) is 23.9 Å². The second kappa shape index (κ2) is 9.23. The fourth-order valence-corrected chi connectivity index (χ4v) is 6.77. The molecule has 1 aliphatic rings. The van der Waals surface area contributed by atoms with E-state index in [4.69, 9.17) is 11.6 Å². The van der Waals surface area contributed by atoms with E-state index in [2.05, 4.69) is 10.3 Å². The summed E-state index contributed by atoms with van der Waals surface area (Å²) in [5.74, 6) is 0.828. The van der Waals surface area contributed by atoms with Crippen LogP contribution in [0, 0.1) is 0 Å². The van der Waals surface area contributed by atoms with Crippen molar-refractivity contribution in [1.29, 1.82) is 0 Å². The van der Waals surface area contributed by atoms with E-state index in [0.717, 1.165) is 23.1 Å². The molecule has 0 atom stereocenters. The van der Waals surface area contributed by atoms with Gasteiger partial charge in [0.15, 0.2) is 5.13 Å². The number of hydrogen-bond acceptors (Lipinski definition) is 6. The highest BCUT2D eigenvalue weighted by molar-refractivity contribution is 7.99. The molecule has 10 heteroatoms. The van der Waals surface area contributed by atoms with Gasteiger partial charge in [-0.05, 0) is 48.7 Å². The van der Waals surface area contributed by atoms with Crippen molar-refractivity contribution in [2.45, 2.75) is 23.5 Å². The molecule has 1 N–H and O–H groups in total. The van der Waals surface area contributed by atoms with Crippen LogP contribution in [0.3, 0.4) is 0 Å². The molecule has 0 radical (unpaired) electrons. The van der Waals surface area contributed by atoms with Crippen LogP contribution in [-0.2, 0) is 20.6 Å². The Morgan fingerprint density at radius 3 is 2.77 bits per heavy atom. The monoisotopic (exact) mass is 481 g/mol. The first-order chi connectivity index (χ1) is 14.4. The van der Waals surface area contributed by atoms with Gasteiger partial charge in [0.05, 0.1) is 20.9 Å². The molecule has 1 aliphatic heterocycles. The Hall–Kier alpha value is -1.65. The van der Waals surface area contributed by atoms with Gasteiger partial charge < -0.3 is 5.32 Å². The summed E-state index contributed by atoms with van der Waals surface area (Å²) in [5, 5.41) is 3.95. The molecule has 158 valence electrons. The number of aromatic nitrogens is 1. The Bertz CT molecular complexity index is 1170. The zero-order valence-corrected chi connectivity index (χ0v) is 19.2. The Labute approximate surface area is 188 Å². The Kier molecular flexibility index (Phi) is 6.64. The molecule has 0 aliphatic carbocycles. The molecular weight excluding hydrogens is 462 g/mol. The number of thiazole rings is 1. The van der Waals surface area contributed by atoms with Crippen molar-refractivity contribution in [2.24, 2.45) is 0 Å². The second-order valence-corrected chi connectivity index (χ2v) is 11.3. The van der Waals surface area contributed by atoms with Gasteiger partial charge in [-0.3, -0.25) is 4.79 Å². The van der Waals surface area contributed by atoms with Crippen LogP contribution in [0.25, 0.3) is 10.2 Å². The Balaban J connectivity index is 1.39. The largest absolute Gasteiger partial charge is 0.301 e. The normalized spacial score (nSPS) is 15.0. The van der Waals surface area contributed by atoms with Crippen LogP contribution in [0.4, 0.5) is 5.13 Å². The van der Waals surface area contributed by atoms with Crippen LogP contribution in [0.15, 0.2) is 47.4 Å². The second-order valence-electron chi connectivity index (χ2n) is 6.93. The highest BCUT2D eigenvalue weighted by atomic mass is 35.5. The van der Waals surface area contributed by atoms with Gasteiger partial charge in [0.2, 0.25) is 15.9 Å². The lowest BCUT2D eigenvalue weighted by Gasteiger charge is -2.15. The number of amides is 1. The highest BCUT2D eigenvalue weighted by Gasteiger charge is 2.27. The van der Waals surface area contributed by atoms with E-state index >= 15 is 0 Å². The van der Waals surface area contributed by atoms with Crippen LogP contribution < -0.4 is 5.32 Å². The number of sulfonamides is 1. The van der Waals surface area contributed by atoms with Crippen LogP contribution in [0.2, 0.25) is 5.02 Å². The van der Waals surface area contributed by atoms with Crippen LogP contribution >= 0.6 is 34.7 Å². The number of nitrogens with one attached hydrogen (secondary N) is 1. The van der Waals surface area contributed by atoms with Crippen LogP contribution in [0.5, 0.6) is 0 Å². The number of rotatable bonds is 7. The maximum Gasteiger partial charge on any atom is 0.243 e. The SMILES string of the molecule is O=C(CSCc1cccc(Cl)c1)Nc1nc2ccc(S(=O)(=O)N3CCCC3)cc2s1. The summed E-state index contributed by atoms with van der Waals surface area (Å²) in [6.45, 7) is 1.13. The quantitative estimate of drug-likeness (QED) is 0.533. The molecule has 0 unspecified atom stereocenters. The molecule has 0 saturated carbocycles. The maximum atomic E-state index is 12.7. The summed E-state index contributed by atoms with van der Waals surface area (Å²) in [7, 11) is -3.47. The van der Waals surface area contributed by atoms with E-state index in [1.54, 1.807) is 18.2 Å². The summed E-state index contributed by atoms with van der Waals surface area (Å²) in [6, 6.07) is 12.5. The molecule has 0 bridgehead atoms. The molecule has 4 rings (SSSR count). The fraction of sp³-hybridized carbons (Fsp3) is 0.300. The van der Waals surface area contributed by atoms with Crippen molar-refractivity contribution >= 4 is 66.0 Å². The summed E-state index contributed by atoms with van der Waals surface area (Å²) in [5.41, 5.74) is 1.73. The number of carbonyl (C=O) groups is 1. The van der Waals surface area contributed by atoms with E-state index < -0.39 is 10.0 Å². The number of anilines is 1. The average Bonchev–Trinajstić information content (AvgIpc) is 3.37. The summed E-state index contributed by atoms with van der Waals surface area (Å²) < 4.78 is 27.8. The number of carbonyl (C=O) groups excluding carboxylic acids is 1. The Morgan fingerprint density at radius 1 is 1.20 bits per heavy atom. The molecule has 3 aromatic rings. The molecule has 1 amide bonds. The molecule has 0 spiro atoms. The van der Waals surface area contributed by atoms with Gasteiger partial charge in [-0.25, -0.2) is 13.4 Å². The predicted molar refractivity (Wildman–Crippen MR) is 124 cm³/mol. The third-order valence-electron chi connectivity index (χ3n) is 4.70. The molecule has 1 saturated heterocycles. The summed E-state index contributed by atoms with van der Waals surface area (Å²) in [4.78, 5) is 16.9. The van der Waals surface area contributed by atoms with Crippen molar-refractivity contribution in [3.63, 3.8) is 0 Å². The van der Waals surface area contributed by atoms with Gasteiger partial charge in [-0.15, -0.1) is 11.8 Å². The first kappa shape index (κ1) is 21.6. The van der Waals surface area contributed by atoms with E-state index in [1.165, 1.54) is 27.4 Å². The molecule has 1 fully saturated rings. The molecule has 2 heterocycles. The van der Waals surface area contributed by atoms with Crippen molar-refractivity contribution in [3.8, 4) is 0 Å². The average molecular weight is 482 g/mol. The first-order valence-corrected chi connectivity index (χ1v) is 13.2. The van der Waals surface area contributed by atoms with E-state index in [-0.39, 0.29) is 16.6 Å². The third kappa shape index (κ3) is 4.97. The van der Waals surface area contributed by atoms with Crippen LogP contribution in [-0.4, -0.2) is 42.5 Å². The number of benzene rings is 2. The van der Waals surface area contributed by atoms with Crippen molar-refractivity contribution in [2.75, 3.05) is 24.2 Å². The zero-order chi connectivity index (χ0) is 21.1. The van der Waals surface area contributed by atoms with E-state index in [1.807, 2.05) is 24.3 Å². The smallest absolute Gasteiger partial charge is 0.243 e. The zero-order valence-electron chi connectivity index (χ0n) is 16.0. The fourth-order valence-electron chi connectivity index (χ4n) is 3.24. The summed E-state index contributed by atoms with van der Waals surface area (Å²) in [6.07, 6.45) is 1.79. The van der Waals surface area contributed by atoms with Crippen molar-refractivity contribution in [3.05, 3.63) is 53.1 Å². The lowest BCUT2D eigenvalue weighted by atomic mass is 10.2. The van der Waals surface area contributed by atoms with E-state index in [9.17, 15) is 13.2 Å². The predicted octanol–water partition coefficient (Wildman–Crippen LogP) is 4.61. The number of hydrogen-bond donors (Lipinski definition) is 1. The summed E-state index contributed by atoms with van der Waals surface area (Å²) >= 11 is 8.74. The number of halogens is 1. The van der Waals surface area contributed by atoms with Crippen molar-refractivity contribution < 1.29 is 13.2 Å². The standard InChI is InChI=1S/C20H20ClN3O3S3/c21-15-5-3-4-14(10-15)12-28-13-19(25)23-20-22-17-7-6-16(11-18(17)29-20)30(26,27)24-8-1-2-9-24/h3-7,10-11H,1-2,8-9,12-13H2,(H,22,23,25). The molecule has 6 nitrogen and oxygen atoms in total. The van der Waals surface area contributed by atoms with Gasteiger partial charge >= 0.3 is 0 Å². The van der Waals surface area contributed by atoms with Crippen molar-refractivity contribution in [1.82, 2.24) is 9.29 Å². The van der Waals surface area contributed by atoms with Gasteiger partial charge in [0.25, 0.3) is 0 Å². The van der Waals surface area contributed by atoms with Gasteiger partial charge in [-0.2, -0.15) is 4.31 Å². The first-order valence-electron chi connectivity index (χ1n) is 9.44. The molecule has 1 aromatic heterocycles. The van der Waals surface area contributed by atoms with Gasteiger partial charge in [0.1, 0.15) is 0 Å². The lowest BCUT2D eigenvalue weighted by Crippen LogP contribution is -2.27. The van der Waals surface area contributed by atoms with E-state index in [0.29, 0.717) is 34.5 Å². The minimum Gasteiger partial charge on any atom is -0.301 e. The topological polar surface area (TPSA) is 79.4 Å². The molecule has 2 aromatic carbocycles. The Morgan fingerprint density at radius 2 is 2.00 bits per heavy atom. The number of fused-ring (bicyclic) bond motifs is 1. The maximum absolute atomic E-state index is 12.7. The minimum atomic E-state index is -3.47. The lowest BCUT2D eigenvalue weighted by molar-refractivity contribution is -0.113. The molecular formula is C20H20ClN3O3S3. The third-order valence-corrected chi connectivity index (χ3v) is 8.77. The minimum absolute atomic E-state index is 0.147. The van der Waals surface area contributed by atoms with Crippen LogP contribution in [0.1, 0.15) is 18.4 Å². The number of thioether (sulfide) groups is 1. The number of nitrogens with zero attached hydrogens (tertiary/aromatic N) is 2. The highest BCUT2D eigenvalue weighted by Crippen LogP contribution is 2.30. The van der Waals surface area contributed by atoms with Gasteiger partial charge in [-0.1, -0.05) is 35.1 Å².